The van der Waals surface area contributed by atoms with Crippen LogP contribution in [-0.2, 0) is 11.3 Å². The molecule has 1 aliphatic rings. The number of ether oxygens (including phenoxy) is 2. The van der Waals surface area contributed by atoms with Crippen molar-refractivity contribution in [1.29, 1.82) is 0 Å². The van der Waals surface area contributed by atoms with Crippen LogP contribution in [0.4, 0.5) is 9.18 Å². The molecule has 0 atom stereocenters. The first-order valence-electron chi connectivity index (χ1n) is 9.59. The van der Waals surface area contributed by atoms with Gasteiger partial charge in [0.15, 0.2) is 0 Å². The molecule has 3 rings (SSSR count). The number of rotatable bonds is 4. The highest BCUT2D eigenvalue weighted by atomic mass is 35.5. The monoisotopic (exact) mass is 421 g/mol. The average molecular weight is 422 g/mol. The fraction of sp³-hybridized carbons (Fsp3) is 0.476. The van der Waals surface area contributed by atoms with E-state index < -0.39 is 11.4 Å². The number of nitrogens with zero attached hydrogens (tertiary/aromatic N) is 3. The lowest BCUT2D eigenvalue weighted by molar-refractivity contribution is 0.0203. The summed E-state index contributed by atoms with van der Waals surface area (Å²) in [6, 6.07) is 6.48. The largest absolute Gasteiger partial charge is 0.458 e. The van der Waals surface area contributed by atoms with Gasteiger partial charge >= 0.3 is 12.1 Å². The Morgan fingerprint density at radius 1 is 1.28 bits per heavy atom. The van der Waals surface area contributed by atoms with E-state index in [-0.39, 0.29) is 24.6 Å². The van der Waals surface area contributed by atoms with Crippen LogP contribution in [0.3, 0.4) is 0 Å². The van der Waals surface area contributed by atoms with Gasteiger partial charge in [0.25, 0.3) is 0 Å². The number of amides is 1. The summed E-state index contributed by atoms with van der Waals surface area (Å²) in [7, 11) is 0. The molecule has 1 aromatic carbocycles. The van der Waals surface area contributed by atoms with E-state index in [9.17, 15) is 9.18 Å². The van der Waals surface area contributed by atoms with Gasteiger partial charge in [0, 0.05) is 35.8 Å². The third kappa shape index (κ3) is 6.03. The standard InChI is InChI=1S/C21H25ClFN3O3/c1-21(2,3)29-20(27)26-10-7-14(8-11-26)18-6-9-24-19(25-18)28-13-15-4-5-16(22)12-17(15)23/h4-6,9,12,14H,7-8,10-11,13H2,1-3H3. The number of carbonyl (C=O) groups excluding carboxylic acids is 1. The van der Waals surface area contributed by atoms with Crippen molar-refractivity contribution in [2.24, 2.45) is 0 Å². The highest BCUT2D eigenvalue weighted by Gasteiger charge is 2.28. The van der Waals surface area contributed by atoms with Gasteiger partial charge in [0.1, 0.15) is 18.0 Å². The minimum atomic E-state index is -0.504. The Hall–Kier alpha value is -2.41. The van der Waals surface area contributed by atoms with Gasteiger partial charge < -0.3 is 14.4 Å². The van der Waals surface area contributed by atoms with Gasteiger partial charge in [-0.2, -0.15) is 4.98 Å². The van der Waals surface area contributed by atoms with E-state index in [0.29, 0.717) is 23.7 Å². The maximum absolute atomic E-state index is 13.9. The molecule has 0 unspecified atom stereocenters. The van der Waals surface area contributed by atoms with Crippen LogP contribution in [0.2, 0.25) is 5.02 Å². The van der Waals surface area contributed by atoms with E-state index in [1.807, 2.05) is 26.8 Å². The topological polar surface area (TPSA) is 64.5 Å². The first-order chi connectivity index (χ1) is 13.7. The Bertz CT molecular complexity index is 864. The van der Waals surface area contributed by atoms with Crippen molar-refractivity contribution in [3.63, 3.8) is 0 Å². The molecule has 1 fully saturated rings. The Morgan fingerprint density at radius 3 is 2.66 bits per heavy atom. The maximum Gasteiger partial charge on any atom is 0.410 e. The third-order valence-electron chi connectivity index (χ3n) is 4.59. The van der Waals surface area contributed by atoms with Crippen LogP contribution in [0, 0.1) is 5.82 Å². The molecule has 0 N–H and O–H groups in total. The molecule has 6 nitrogen and oxygen atoms in total. The second-order valence-corrected chi connectivity index (χ2v) is 8.47. The summed E-state index contributed by atoms with van der Waals surface area (Å²) in [5.74, 6) is -0.227. The highest BCUT2D eigenvalue weighted by Crippen LogP contribution is 2.28. The Balaban J connectivity index is 1.57. The van der Waals surface area contributed by atoms with Crippen LogP contribution in [0.25, 0.3) is 0 Å². The molecule has 0 bridgehead atoms. The molecule has 0 aliphatic carbocycles. The van der Waals surface area contributed by atoms with Crippen molar-refractivity contribution in [2.45, 2.75) is 51.7 Å². The molecule has 0 saturated carbocycles. The number of halogens is 2. The first-order valence-corrected chi connectivity index (χ1v) is 9.96. The summed E-state index contributed by atoms with van der Waals surface area (Å²) in [5.41, 5.74) is 0.737. The molecule has 29 heavy (non-hydrogen) atoms. The number of aromatic nitrogens is 2. The summed E-state index contributed by atoms with van der Waals surface area (Å²) in [6.07, 6.45) is 2.91. The predicted octanol–water partition coefficient (Wildman–Crippen LogP) is 4.96. The molecule has 1 amide bonds. The Morgan fingerprint density at radius 2 is 2.00 bits per heavy atom. The second-order valence-electron chi connectivity index (χ2n) is 8.03. The molecule has 2 aromatic rings. The summed E-state index contributed by atoms with van der Waals surface area (Å²) in [4.78, 5) is 22.5. The normalized spacial score (nSPS) is 15.3. The second kappa shape index (κ2) is 8.95. The molecular formula is C21H25ClFN3O3. The average Bonchev–Trinajstić information content (AvgIpc) is 2.66. The summed E-state index contributed by atoms with van der Waals surface area (Å²) < 4.78 is 24.9. The van der Waals surface area contributed by atoms with E-state index in [1.54, 1.807) is 23.2 Å². The molecule has 156 valence electrons. The molecule has 8 heteroatoms. The van der Waals surface area contributed by atoms with Crippen LogP contribution in [0.5, 0.6) is 6.01 Å². The number of likely N-dealkylation sites (tertiary alicyclic amines) is 1. The van der Waals surface area contributed by atoms with Crippen molar-refractivity contribution in [1.82, 2.24) is 14.9 Å². The molecular weight excluding hydrogens is 397 g/mol. The molecule has 0 spiro atoms. The van der Waals surface area contributed by atoms with Gasteiger partial charge in [-0.05, 0) is 51.8 Å². The van der Waals surface area contributed by atoms with Crippen LogP contribution < -0.4 is 4.74 Å². The van der Waals surface area contributed by atoms with Crippen molar-refractivity contribution >= 4 is 17.7 Å². The SMILES string of the molecule is CC(C)(C)OC(=O)N1CCC(c2ccnc(OCc3ccc(Cl)cc3F)n2)CC1. The lowest BCUT2D eigenvalue weighted by Crippen LogP contribution is -2.41. The van der Waals surface area contributed by atoms with Crippen LogP contribution in [-0.4, -0.2) is 39.7 Å². The first kappa shape index (κ1) is 21.3. The van der Waals surface area contributed by atoms with Crippen LogP contribution in [0.1, 0.15) is 50.8 Å². The summed E-state index contributed by atoms with van der Waals surface area (Å²) in [6.45, 7) is 6.80. The lowest BCUT2D eigenvalue weighted by atomic mass is 9.93. The summed E-state index contributed by atoms with van der Waals surface area (Å²) in [5, 5.41) is 0.335. The van der Waals surface area contributed by atoms with Crippen molar-refractivity contribution in [3.05, 3.63) is 52.6 Å². The van der Waals surface area contributed by atoms with Gasteiger partial charge in [-0.1, -0.05) is 17.7 Å². The number of hydrogen-bond acceptors (Lipinski definition) is 5. The van der Waals surface area contributed by atoms with E-state index in [4.69, 9.17) is 21.1 Å². The predicted molar refractivity (Wildman–Crippen MR) is 108 cm³/mol. The fourth-order valence-corrected chi connectivity index (χ4v) is 3.28. The van der Waals surface area contributed by atoms with Crippen molar-refractivity contribution in [2.75, 3.05) is 13.1 Å². The van der Waals surface area contributed by atoms with E-state index >= 15 is 0 Å². The summed E-state index contributed by atoms with van der Waals surface area (Å²) >= 11 is 5.76. The van der Waals surface area contributed by atoms with Gasteiger partial charge in [-0.25, -0.2) is 14.2 Å². The fourth-order valence-electron chi connectivity index (χ4n) is 3.12. The van der Waals surface area contributed by atoms with Gasteiger partial charge in [-0.3, -0.25) is 0 Å². The molecule has 0 radical (unpaired) electrons. The molecule has 1 aromatic heterocycles. The quantitative estimate of drug-likeness (QED) is 0.697. The lowest BCUT2D eigenvalue weighted by Gasteiger charge is -2.33. The van der Waals surface area contributed by atoms with Gasteiger partial charge in [-0.15, -0.1) is 0 Å². The van der Waals surface area contributed by atoms with Crippen LogP contribution in [0.15, 0.2) is 30.5 Å². The van der Waals surface area contributed by atoms with Crippen LogP contribution >= 0.6 is 11.6 Å². The third-order valence-corrected chi connectivity index (χ3v) is 4.83. The smallest absolute Gasteiger partial charge is 0.410 e. The minimum absolute atomic E-state index is 0.0174. The van der Waals surface area contributed by atoms with E-state index in [1.165, 1.54) is 6.07 Å². The maximum atomic E-state index is 13.9. The highest BCUT2D eigenvalue weighted by molar-refractivity contribution is 6.30. The zero-order valence-corrected chi connectivity index (χ0v) is 17.6. The van der Waals surface area contributed by atoms with E-state index in [2.05, 4.69) is 9.97 Å². The van der Waals surface area contributed by atoms with Crippen molar-refractivity contribution < 1.29 is 18.7 Å². The van der Waals surface area contributed by atoms with E-state index in [0.717, 1.165) is 18.5 Å². The zero-order chi connectivity index (χ0) is 21.0. The number of carbonyl (C=O) groups is 1. The Labute approximate surface area is 175 Å². The number of benzene rings is 1. The van der Waals surface area contributed by atoms with Gasteiger partial charge in [0.05, 0.1) is 5.69 Å². The number of piperidine rings is 1. The minimum Gasteiger partial charge on any atom is -0.458 e. The molecule has 2 heterocycles. The molecule has 1 saturated heterocycles. The number of hydrogen-bond donors (Lipinski definition) is 0. The van der Waals surface area contributed by atoms with Crippen molar-refractivity contribution in [3.8, 4) is 6.01 Å². The Kier molecular flexibility index (Phi) is 6.57. The van der Waals surface area contributed by atoms with Gasteiger partial charge in [0.2, 0.25) is 0 Å². The zero-order valence-electron chi connectivity index (χ0n) is 16.8. The molecule has 1 aliphatic heterocycles.